The summed E-state index contributed by atoms with van der Waals surface area (Å²) < 4.78 is 0. The van der Waals surface area contributed by atoms with Gasteiger partial charge in [0, 0.05) is 25.7 Å². The summed E-state index contributed by atoms with van der Waals surface area (Å²) in [6.45, 7) is 4.00. The fraction of sp³-hybridized carbons (Fsp3) is 0.900. The number of aliphatic hydroxyl groups is 1. The molecular weight excluding hydrogens is 180 g/mol. The van der Waals surface area contributed by atoms with Crippen molar-refractivity contribution in [3.05, 3.63) is 0 Å². The van der Waals surface area contributed by atoms with E-state index in [1.165, 1.54) is 0 Å². The molecule has 1 aliphatic rings. The molecule has 4 heteroatoms. The summed E-state index contributed by atoms with van der Waals surface area (Å²) in [6.07, 6.45) is 2.71. The molecule has 82 valence electrons. The minimum absolute atomic E-state index is 0.00453. The molecule has 1 heterocycles. The summed E-state index contributed by atoms with van der Waals surface area (Å²) >= 11 is 0. The maximum atomic E-state index is 11.0. The molecule has 0 spiro atoms. The molecule has 1 rings (SSSR count). The van der Waals surface area contributed by atoms with Gasteiger partial charge in [0.2, 0.25) is 5.91 Å². The largest absolute Gasteiger partial charge is 0.396 e. The average molecular weight is 200 g/mol. The van der Waals surface area contributed by atoms with Gasteiger partial charge in [-0.2, -0.15) is 0 Å². The maximum absolute atomic E-state index is 11.0. The van der Waals surface area contributed by atoms with Crippen LogP contribution in [0, 0.1) is 5.92 Å². The van der Waals surface area contributed by atoms with E-state index in [-0.39, 0.29) is 18.4 Å². The van der Waals surface area contributed by atoms with Crippen LogP contribution in [0.4, 0.5) is 0 Å². The van der Waals surface area contributed by atoms with Crippen molar-refractivity contribution in [1.82, 2.24) is 4.90 Å². The van der Waals surface area contributed by atoms with Gasteiger partial charge >= 0.3 is 0 Å². The predicted molar refractivity (Wildman–Crippen MR) is 54.7 cm³/mol. The molecule has 4 nitrogen and oxygen atoms in total. The molecular formula is C10H20N2O2. The Balaban J connectivity index is 2.42. The number of nitrogens with two attached hydrogens (primary N) is 1. The van der Waals surface area contributed by atoms with E-state index in [1.54, 1.807) is 0 Å². The second kappa shape index (κ2) is 5.32. The van der Waals surface area contributed by atoms with Gasteiger partial charge in [0.05, 0.1) is 5.92 Å². The molecule has 0 radical (unpaired) electrons. The van der Waals surface area contributed by atoms with E-state index < -0.39 is 0 Å². The van der Waals surface area contributed by atoms with Crippen molar-refractivity contribution in [1.29, 1.82) is 0 Å². The third-order valence-electron chi connectivity index (χ3n) is 3.02. The van der Waals surface area contributed by atoms with E-state index in [4.69, 9.17) is 10.8 Å². The molecule has 14 heavy (non-hydrogen) atoms. The normalized spacial score (nSPS) is 29.0. The zero-order valence-electron chi connectivity index (χ0n) is 8.78. The van der Waals surface area contributed by atoms with Crippen LogP contribution in [0.1, 0.15) is 26.2 Å². The number of primary amides is 1. The number of rotatable bonds is 4. The highest BCUT2D eigenvalue weighted by Gasteiger charge is 2.27. The smallest absolute Gasteiger partial charge is 0.221 e. The van der Waals surface area contributed by atoms with E-state index in [0.717, 1.165) is 32.4 Å². The van der Waals surface area contributed by atoms with Crippen molar-refractivity contribution in [2.24, 2.45) is 11.7 Å². The zero-order chi connectivity index (χ0) is 10.6. The first-order chi connectivity index (χ1) is 6.65. The lowest BCUT2D eigenvalue weighted by Gasteiger charge is -2.36. The first kappa shape index (κ1) is 11.5. The molecule has 2 atom stereocenters. The van der Waals surface area contributed by atoms with Crippen molar-refractivity contribution in [3.63, 3.8) is 0 Å². The second-order valence-corrected chi connectivity index (χ2v) is 4.10. The van der Waals surface area contributed by atoms with Crippen molar-refractivity contribution in [2.75, 3.05) is 19.7 Å². The number of nitrogens with zero attached hydrogens (tertiary/aromatic N) is 1. The van der Waals surface area contributed by atoms with Gasteiger partial charge in [-0.3, -0.25) is 9.69 Å². The van der Waals surface area contributed by atoms with Crippen LogP contribution in [0.2, 0.25) is 0 Å². The van der Waals surface area contributed by atoms with Crippen molar-refractivity contribution < 1.29 is 9.90 Å². The Kier molecular flexibility index (Phi) is 4.35. The molecule has 0 aromatic heterocycles. The summed E-state index contributed by atoms with van der Waals surface area (Å²) in [7, 11) is 0. The first-order valence-corrected chi connectivity index (χ1v) is 5.29. The molecule has 0 aromatic carbocycles. The van der Waals surface area contributed by atoms with Crippen LogP contribution < -0.4 is 5.73 Å². The lowest BCUT2D eigenvalue weighted by Crippen LogP contribution is -2.46. The fourth-order valence-electron chi connectivity index (χ4n) is 2.00. The van der Waals surface area contributed by atoms with Crippen molar-refractivity contribution in [3.8, 4) is 0 Å². The highest BCUT2D eigenvalue weighted by molar-refractivity contribution is 5.76. The molecule has 1 saturated heterocycles. The minimum atomic E-state index is -0.189. The Bertz CT molecular complexity index is 197. The van der Waals surface area contributed by atoms with E-state index >= 15 is 0 Å². The molecule has 2 unspecified atom stereocenters. The van der Waals surface area contributed by atoms with Gasteiger partial charge in [-0.05, 0) is 26.2 Å². The number of aliphatic hydroxyl groups excluding tert-OH is 1. The Hall–Kier alpha value is -0.610. The van der Waals surface area contributed by atoms with E-state index in [0.29, 0.717) is 6.04 Å². The number of carbonyl (C=O) groups is 1. The van der Waals surface area contributed by atoms with E-state index in [2.05, 4.69) is 11.8 Å². The van der Waals surface area contributed by atoms with Gasteiger partial charge in [-0.1, -0.05) is 0 Å². The number of piperidine rings is 1. The Morgan fingerprint density at radius 1 is 1.57 bits per heavy atom. The summed E-state index contributed by atoms with van der Waals surface area (Å²) in [5.41, 5.74) is 5.29. The molecule has 0 aliphatic carbocycles. The van der Waals surface area contributed by atoms with Crippen molar-refractivity contribution >= 4 is 5.91 Å². The van der Waals surface area contributed by atoms with Gasteiger partial charge in [-0.25, -0.2) is 0 Å². The Labute approximate surface area is 85.1 Å². The summed E-state index contributed by atoms with van der Waals surface area (Å²) in [4.78, 5) is 13.3. The maximum Gasteiger partial charge on any atom is 0.221 e. The van der Waals surface area contributed by atoms with Crippen LogP contribution in [0.3, 0.4) is 0 Å². The van der Waals surface area contributed by atoms with Crippen LogP contribution >= 0.6 is 0 Å². The van der Waals surface area contributed by atoms with Crippen molar-refractivity contribution in [2.45, 2.75) is 32.2 Å². The van der Waals surface area contributed by atoms with E-state index in [9.17, 15) is 4.79 Å². The summed E-state index contributed by atoms with van der Waals surface area (Å²) in [5.74, 6) is -0.184. The lowest BCUT2D eigenvalue weighted by atomic mass is 9.93. The molecule has 1 aliphatic heterocycles. The average Bonchev–Trinajstić information content (AvgIpc) is 2.16. The Morgan fingerprint density at radius 2 is 2.29 bits per heavy atom. The topological polar surface area (TPSA) is 66.6 Å². The molecule has 1 amide bonds. The monoisotopic (exact) mass is 200 g/mol. The van der Waals surface area contributed by atoms with Gasteiger partial charge in [0.25, 0.3) is 0 Å². The zero-order valence-corrected chi connectivity index (χ0v) is 8.78. The van der Waals surface area contributed by atoms with Crippen LogP contribution in [0.25, 0.3) is 0 Å². The van der Waals surface area contributed by atoms with Crippen LogP contribution in [0.5, 0.6) is 0 Å². The third-order valence-corrected chi connectivity index (χ3v) is 3.02. The lowest BCUT2D eigenvalue weighted by molar-refractivity contribution is -0.123. The standard InChI is InChI=1S/C10H20N2O2/c1-8-3-4-9(10(11)14)7-12(8)5-2-6-13/h8-9,13H,2-7H2,1H3,(H2,11,14). The summed E-state index contributed by atoms with van der Waals surface area (Å²) in [5, 5.41) is 8.74. The summed E-state index contributed by atoms with van der Waals surface area (Å²) in [6, 6.07) is 0.511. The number of amides is 1. The van der Waals surface area contributed by atoms with Gasteiger partial charge in [0.15, 0.2) is 0 Å². The number of hydrogen-bond donors (Lipinski definition) is 2. The number of carbonyl (C=O) groups excluding carboxylic acids is 1. The molecule has 0 aromatic rings. The molecule has 0 saturated carbocycles. The quantitative estimate of drug-likeness (QED) is 0.669. The number of likely N-dealkylation sites (tertiary alicyclic amines) is 1. The second-order valence-electron chi connectivity index (χ2n) is 4.10. The van der Waals surface area contributed by atoms with Crippen LogP contribution in [0.15, 0.2) is 0 Å². The van der Waals surface area contributed by atoms with E-state index in [1.807, 2.05) is 0 Å². The Morgan fingerprint density at radius 3 is 2.86 bits per heavy atom. The predicted octanol–water partition coefficient (Wildman–Crippen LogP) is -0.0454. The van der Waals surface area contributed by atoms with Gasteiger partial charge in [-0.15, -0.1) is 0 Å². The molecule has 0 bridgehead atoms. The fourth-order valence-corrected chi connectivity index (χ4v) is 2.00. The highest BCUT2D eigenvalue weighted by atomic mass is 16.3. The van der Waals surface area contributed by atoms with Crippen LogP contribution in [-0.4, -0.2) is 41.7 Å². The third kappa shape index (κ3) is 2.96. The van der Waals surface area contributed by atoms with Crippen LogP contribution in [-0.2, 0) is 4.79 Å². The van der Waals surface area contributed by atoms with Gasteiger partial charge < -0.3 is 10.8 Å². The molecule has 3 N–H and O–H groups in total. The molecule has 1 fully saturated rings. The number of hydrogen-bond acceptors (Lipinski definition) is 3. The highest BCUT2D eigenvalue weighted by Crippen LogP contribution is 2.21. The first-order valence-electron chi connectivity index (χ1n) is 5.29. The SMILES string of the molecule is CC1CCC(C(N)=O)CN1CCCO. The minimum Gasteiger partial charge on any atom is -0.396 e. The van der Waals surface area contributed by atoms with Gasteiger partial charge in [0.1, 0.15) is 0 Å².